The van der Waals surface area contributed by atoms with Crippen LogP contribution in [0.15, 0.2) is 54.1 Å². The summed E-state index contributed by atoms with van der Waals surface area (Å²) in [4.78, 5) is 21.4. The van der Waals surface area contributed by atoms with Gasteiger partial charge in [0.15, 0.2) is 0 Å². The third kappa shape index (κ3) is 3.69. The number of piperidine rings is 1. The van der Waals surface area contributed by atoms with Crippen molar-refractivity contribution < 1.29 is 17.6 Å². The molecule has 29 heavy (non-hydrogen) atoms. The Morgan fingerprint density at radius 2 is 1.86 bits per heavy atom. The number of sulfone groups is 1. The number of nitrogens with zero attached hydrogens (tertiary/aromatic N) is 3. The number of H-pyrrole nitrogens is 1. The second-order valence-corrected chi connectivity index (χ2v) is 9.29. The molecule has 1 fully saturated rings. The van der Waals surface area contributed by atoms with Crippen LogP contribution in [0, 0.1) is 5.82 Å². The number of aromatic amines is 1. The Morgan fingerprint density at radius 1 is 1.17 bits per heavy atom. The van der Waals surface area contributed by atoms with Gasteiger partial charge in [-0.15, -0.1) is 0 Å². The fourth-order valence-electron chi connectivity index (χ4n) is 3.64. The molecule has 1 N–H and O–H groups in total. The van der Waals surface area contributed by atoms with Crippen LogP contribution < -0.4 is 0 Å². The number of aromatic nitrogens is 3. The van der Waals surface area contributed by atoms with Gasteiger partial charge in [0.1, 0.15) is 11.5 Å². The first kappa shape index (κ1) is 19.4. The van der Waals surface area contributed by atoms with E-state index in [2.05, 4.69) is 9.97 Å². The van der Waals surface area contributed by atoms with E-state index in [0.717, 1.165) is 11.1 Å². The van der Waals surface area contributed by atoms with Crippen molar-refractivity contribution in [1.29, 1.82) is 0 Å². The maximum absolute atomic E-state index is 13.1. The lowest BCUT2D eigenvalue weighted by molar-refractivity contribution is 0.0720. The molecule has 1 aromatic carbocycles. The molecule has 3 heterocycles. The van der Waals surface area contributed by atoms with E-state index in [1.165, 1.54) is 22.9 Å². The first-order chi connectivity index (χ1) is 13.9. The van der Waals surface area contributed by atoms with Crippen molar-refractivity contribution >= 4 is 15.7 Å². The van der Waals surface area contributed by atoms with Crippen LogP contribution in [0.4, 0.5) is 4.39 Å². The topological polar surface area (TPSA) is 88.1 Å². The summed E-state index contributed by atoms with van der Waals surface area (Å²) < 4.78 is 40.2. The van der Waals surface area contributed by atoms with E-state index < -0.39 is 15.1 Å². The first-order valence-electron chi connectivity index (χ1n) is 9.31. The maximum Gasteiger partial charge on any atom is 0.270 e. The number of halogens is 1. The minimum atomic E-state index is -3.52. The molecule has 1 amide bonds. The number of hydrogen-bond acceptors (Lipinski definition) is 4. The zero-order valence-electron chi connectivity index (χ0n) is 15.9. The average molecular weight is 416 g/mol. The van der Waals surface area contributed by atoms with Crippen molar-refractivity contribution in [3.63, 3.8) is 0 Å². The molecule has 0 saturated carbocycles. The van der Waals surface area contributed by atoms with Crippen LogP contribution in [0.25, 0.3) is 11.1 Å². The molecule has 0 bridgehead atoms. The second-order valence-electron chi connectivity index (χ2n) is 7.17. The highest BCUT2D eigenvalue weighted by molar-refractivity contribution is 7.91. The van der Waals surface area contributed by atoms with E-state index in [1.807, 2.05) is 0 Å². The van der Waals surface area contributed by atoms with Crippen molar-refractivity contribution in [3.8, 4) is 11.1 Å². The average Bonchev–Trinajstić information content (AvgIpc) is 3.38. The van der Waals surface area contributed by atoms with Crippen molar-refractivity contribution in [2.24, 2.45) is 7.05 Å². The SMILES string of the molecule is Cn1ccnc1S(=O)(=O)C1CCN(C(=O)c2cc(-c3ccc(F)cc3)c[nH]2)CC1. The van der Waals surface area contributed by atoms with Gasteiger partial charge in [-0.1, -0.05) is 12.1 Å². The molecule has 4 rings (SSSR count). The van der Waals surface area contributed by atoms with E-state index in [-0.39, 0.29) is 16.9 Å². The number of nitrogens with one attached hydrogen (secondary N) is 1. The fraction of sp³-hybridized carbons (Fsp3) is 0.300. The van der Waals surface area contributed by atoms with E-state index in [9.17, 15) is 17.6 Å². The van der Waals surface area contributed by atoms with Crippen LogP contribution in [0.1, 0.15) is 23.3 Å². The van der Waals surface area contributed by atoms with Gasteiger partial charge < -0.3 is 14.5 Å². The molecule has 152 valence electrons. The third-order valence-corrected chi connectivity index (χ3v) is 7.54. The predicted molar refractivity (Wildman–Crippen MR) is 106 cm³/mol. The number of carbonyl (C=O) groups excluding carboxylic acids is 1. The standard InChI is InChI=1S/C20H21FN4O3S/c1-24-11-8-22-20(24)29(27,28)17-6-9-25(10-7-17)19(26)18-12-15(13-23-18)14-2-4-16(21)5-3-14/h2-5,8,11-13,17,23H,6-7,9-10H2,1H3. The molecular formula is C20H21FN4O3S. The molecule has 0 aliphatic carbocycles. The van der Waals surface area contributed by atoms with Gasteiger partial charge in [-0.3, -0.25) is 4.79 Å². The molecule has 0 unspecified atom stereocenters. The van der Waals surface area contributed by atoms with Gasteiger partial charge in [-0.25, -0.2) is 17.8 Å². The van der Waals surface area contributed by atoms with Crippen molar-refractivity contribution in [1.82, 2.24) is 19.4 Å². The van der Waals surface area contributed by atoms with Crippen molar-refractivity contribution in [2.75, 3.05) is 13.1 Å². The molecule has 3 aromatic rings. The van der Waals surface area contributed by atoms with Crippen LogP contribution in [0.5, 0.6) is 0 Å². The summed E-state index contributed by atoms with van der Waals surface area (Å²) >= 11 is 0. The molecule has 9 heteroatoms. The first-order valence-corrected chi connectivity index (χ1v) is 10.9. The molecule has 0 atom stereocenters. The predicted octanol–water partition coefficient (Wildman–Crippen LogP) is 2.63. The number of likely N-dealkylation sites (tertiary alicyclic amines) is 1. The number of rotatable bonds is 4. The molecule has 0 radical (unpaired) electrons. The summed E-state index contributed by atoms with van der Waals surface area (Å²) in [6, 6.07) is 7.78. The number of imidazole rings is 1. The molecule has 1 aliphatic heterocycles. The van der Waals surface area contributed by atoms with Crippen LogP contribution >= 0.6 is 0 Å². The summed E-state index contributed by atoms with van der Waals surface area (Å²) in [6.45, 7) is 0.718. The molecule has 7 nitrogen and oxygen atoms in total. The monoisotopic (exact) mass is 416 g/mol. The Balaban J connectivity index is 1.43. The lowest BCUT2D eigenvalue weighted by Gasteiger charge is -2.31. The maximum atomic E-state index is 13.1. The highest BCUT2D eigenvalue weighted by atomic mass is 32.2. The zero-order chi connectivity index (χ0) is 20.6. The normalized spacial score (nSPS) is 15.6. The molecular weight excluding hydrogens is 395 g/mol. The van der Waals surface area contributed by atoms with Gasteiger partial charge in [0.05, 0.1) is 5.25 Å². The highest BCUT2D eigenvalue weighted by Gasteiger charge is 2.35. The summed E-state index contributed by atoms with van der Waals surface area (Å²) in [5, 5.41) is -0.485. The Bertz CT molecular complexity index is 1130. The van der Waals surface area contributed by atoms with Gasteiger partial charge >= 0.3 is 0 Å². The number of aryl methyl sites for hydroxylation is 1. The third-order valence-electron chi connectivity index (χ3n) is 5.29. The number of amides is 1. The molecule has 0 spiro atoms. The Kier molecular flexibility index (Phi) is 4.99. The van der Waals surface area contributed by atoms with Crippen LogP contribution in [-0.2, 0) is 16.9 Å². The van der Waals surface area contributed by atoms with Gasteiger partial charge in [-0.05, 0) is 42.2 Å². The Morgan fingerprint density at radius 3 is 2.48 bits per heavy atom. The highest BCUT2D eigenvalue weighted by Crippen LogP contribution is 2.25. The summed E-state index contributed by atoms with van der Waals surface area (Å²) in [5.41, 5.74) is 2.02. The zero-order valence-corrected chi connectivity index (χ0v) is 16.7. The lowest BCUT2D eigenvalue weighted by Crippen LogP contribution is -2.43. The smallest absolute Gasteiger partial charge is 0.270 e. The summed E-state index contributed by atoms with van der Waals surface area (Å²) in [6.07, 6.45) is 5.52. The van der Waals surface area contributed by atoms with Gasteiger partial charge in [0.25, 0.3) is 5.91 Å². The number of benzene rings is 1. The van der Waals surface area contributed by atoms with Crippen LogP contribution in [0.3, 0.4) is 0 Å². The largest absolute Gasteiger partial charge is 0.357 e. The molecule has 1 saturated heterocycles. The van der Waals surface area contributed by atoms with Crippen molar-refractivity contribution in [3.05, 3.63) is 60.4 Å². The number of hydrogen-bond donors (Lipinski definition) is 1. The van der Waals surface area contributed by atoms with Crippen LogP contribution in [-0.4, -0.2) is 52.1 Å². The van der Waals surface area contributed by atoms with Gasteiger partial charge in [0, 0.05) is 38.7 Å². The van der Waals surface area contributed by atoms with Gasteiger partial charge in [-0.2, -0.15) is 0 Å². The molecule has 2 aromatic heterocycles. The minimum absolute atomic E-state index is 0.0654. The quantitative estimate of drug-likeness (QED) is 0.708. The van der Waals surface area contributed by atoms with Gasteiger partial charge in [0.2, 0.25) is 15.0 Å². The Hall–Kier alpha value is -2.94. The Labute approximate surface area is 168 Å². The van der Waals surface area contributed by atoms with E-state index >= 15 is 0 Å². The lowest BCUT2D eigenvalue weighted by atomic mass is 10.1. The van der Waals surface area contributed by atoms with Crippen molar-refractivity contribution in [2.45, 2.75) is 23.2 Å². The summed E-state index contributed by atoms with van der Waals surface area (Å²) in [5.74, 6) is -0.491. The van der Waals surface area contributed by atoms with E-state index in [4.69, 9.17) is 0 Å². The second kappa shape index (κ2) is 7.47. The van der Waals surface area contributed by atoms with Crippen LogP contribution in [0.2, 0.25) is 0 Å². The number of carbonyl (C=O) groups is 1. The van der Waals surface area contributed by atoms with E-state index in [0.29, 0.717) is 31.6 Å². The molecule has 1 aliphatic rings. The van der Waals surface area contributed by atoms with E-state index in [1.54, 1.807) is 42.5 Å². The summed E-state index contributed by atoms with van der Waals surface area (Å²) in [7, 11) is -1.87. The fourth-order valence-corrected chi connectivity index (χ4v) is 5.44. The minimum Gasteiger partial charge on any atom is -0.357 e.